The number of nitrogens with one attached hydrogen (secondary N) is 2. The van der Waals surface area contributed by atoms with Gasteiger partial charge in [-0.25, -0.2) is 0 Å². The highest BCUT2D eigenvalue weighted by Crippen LogP contribution is 2.31. The Morgan fingerprint density at radius 3 is 2.39 bits per heavy atom. The van der Waals surface area contributed by atoms with Gasteiger partial charge in [-0.2, -0.15) is 0 Å². The number of halogens is 1. The summed E-state index contributed by atoms with van der Waals surface area (Å²) in [4.78, 5) is 36.7. The van der Waals surface area contributed by atoms with Crippen molar-refractivity contribution in [2.24, 2.45) is 0 Å². The normalized spacial score (nSPS) is 13.8. The lowest BCUT2D eigenvalue weighted by molar-refractivity contribution is -0.117. The molecule has 0 aliphatic carbocycles. The molecule has 0 aromatic heterocycles. The van der Waals surface area contributed by atoms with Gasteiger partial charge in [-0.15, -0.1) is 0 Å². The van der Waals surface area contributed by atoms with Gasteiger partial charge < -0.3 is 15.5 Å². The molecule has 2 aromatic rings. The van der Waals surface area contributed by atoms with Crippen LogP contribution in [-0.2, 0) is 14.4 Å². The van der Waals surface area contributed by atoms with E-state index in [9.17, 15) is 14.4 Å². The predicted molar refractivity (Wildman–Crippen MR) is 111 cm³/mol. The Labute approximate surface area is 168 Å². The topological polar surface area (TPSA) is 78.5 Å². The highest BCUT2D eigenvalue weighted by atomic mass is 35.5. The van der Waals surface area contributed by atoms with Crippen LogP contribution in [0.15, 0.2) is 48.5 Å². The van der Waals surface area contributed by atoms with Gasteiger partial charge in [0.15, 0.2) is 0 Å². The molecule has 0 atom stereocenters. The number of rotatable bonds is 5. The molecule has 7 heteroatoms. The number of hydrogen-bond acceptors (Lipinski definition) is 3. The van der Waals surface area contributed by atoms with Crippen LogP contribution in [0.3, 0.4) is 0 Å². The molecule has 0 unspecified atom stereocenters. The number of anilines is 3. The molecule has 28 heavy (non-hydrogen) atoms. The molecule has 144 valence electrons. The SMILES string of the molecule is CC(=O)Nc1ccc(/C=C/C(=O)Nc2ccc(N3CCCC3=O)c(Cl)c2)cc1. The van der Waals surface area contributed by atoms with Gasteiger partial charge in [-0.1, -0.05) is 23.7 Å². The summed E-state index contributed by atoms with van der Waals surface area (Å²) >= 11 is 6.29. The summed E-state index contributed by atoms with van der Waals surface area (Å²) in [7, 11) is 0. The first-order chi connectivity index (χ1) is 13.4. The van der Waals surface area contributed by atoms with E-state index in [1.807, 2.05) is 0 Å². The smallest absolute Gasteiger partial charge is 0.248 e. The maximum atomic E-state index is 12.1. The number of nitrogens with zero attached hydrogens (tertiary/aromatic N) is 1. The zero-order valence-electron chi connectivity index (χ0n) is 15.4. The van der Waals surface area contributed by atoms with Crippen LogP contribution in [0.25, 0.3) is 6.08 Å². The van der Waals surface area contributed by atoms with Crippen molar-refractivity contribution in [3.05, 3.63) is 59.1 Å². The predicted octanol–water partition coefficient (Wildman–Crippen LogP) is 4.08. The molecule has 1 heterocycles. The molecular formula is C21H20ClN3O3. The van der Waals surface area contributed by atoms with Crippen molar-refractivity contribution in [3.63, 3.8) is 0 Å². The molecule has 6 nitrogen and oxygen atoms in total. The molecule has 1 aliphatic rings. The second-order valence-electron chi connectivity index (χ2n) is 6.44. The van der Waals surface area contributed by atoms with Crippen LogP contribution in [0, 0.1) is 0 Å². The average molecular weight is 398 g/mol. The summed E-state index contributed by atoms with van der Waals surface area (Å²) in [6.07, 6.45) is 4.45. The Bertz CT molecular complexity index is 938. The van der Waals surface area contributed by atoms with Crippen molar-refractivity contribution in [2.75, 3.05) is 22.1 Å². The Morgan fingerprint density at radius 2 is 1.79 bits per heavy atom. The van der Waals surface area contributed by atoms with Gasteiger partial charge in [0.2, 0.25) is 17.7 Å². The van der Waals surface area contributed by atoms with Crippen molar-refractivity contribution in [1.29, 1.82) is 0 Å². The molecule has 2 N–H and O–H groups in total. The van der Waals surface area contributed by atoms with Crippen LogP contribution in [0.5, 0.6) is 0 Å². The Hall–Kier alpha value is -3.12. The molecule has 2 aromatic carbocycles. The van der Waals surface area contributed by atoms with Crippen LogP contribution >= 0.6 is 11.6 Å². The number of amides is 3. The molecule has 1 saturated heterocycles. The maximum absolute atomic E-state index is 12.1. The monoisotopic (exact) mass is 397 g/mol. The molecule has 0 radical (unpaired) electrons. The minimum absolute atomic E-state index is 0.0612. The zero-order valence-corrected chi connectivity index (χ0v) is 16.1. The highest BCUT2D eigenvalue weighted by molar-refractivity contribution is 6.34. The Kier molecular flexibility index (Phi) is 6.11. The van der Waals surface area contributed by atoms with E-state index in [0.717, 1.165) is 12.0 Å². The van der Waals surface area contributed by atoms with Crippen molar-refractivity contribution in [1.82, 2.24) is 0 Å². The third kappa shape index (κ3) is 4.98. The lowest BCUT2D eigenvalue weighted by atomic mass is 10.2. The van der Waals surface area contributed by atoms with E-state index in [4.69, 9.17) is 11.6 Å². The molecule has 3 amide bonds. The standard InChI is InChI=1S/C21H20ClN3O3/c1-14(26)23-16-7-4-15(5-8-16)6-11-20(27)24-17-9-10-19(18(22)13-17)25-12-2-3-21(25)28/h4-11,13H,2-3,12H2,1H3,(H,23,26)(H,24,27)/b11-6+. The van der Waals surface area contributed by atoms with Gasteiger partial charge in [0, 0.05) is 37.3 Å². The number of carbonyl (C=O) groups is 3. The second-order valence-corrected chi connectivity index (χ2v) is 6.85. The van der Waals surface area contributed by atoms with Gasteiger partial charge >= 0.3 is 0 Å². The maximum Gasteiger partial charge on any atom is 0.248 e. The highest BCUT2D eigenvalue weighted by Gasteiger charge is 2.23. The van der Waals surface area contributed by atoms with Gasteiger partial charge in [0.25, 0.3) is 0 Å². The zero-order chi connectivity index (χ0) is 20.1. The number of hydrogen-bond donors (Lipinski definition) is 2. The first-order valence-electron chi connectivity index (χ1n) is 8.89. The Morgan fingerprint density at radius 1 is 1.07 bits per heavy atom. The molecule has 1 fully saturated rings. The third-order valence-electron chi connectivity index (χ3n) is 4.24. The number of carbonyl (C=O) groups excluding carboxylic acids is 3. The van der Waals surface area contributed by atoms with Crippen molar-refractivity contribution in [2.45, 2.75) is 19.8 Å². The van der Waals surface area contributed by atoms with Crippen LogP contribution in [0.2, 0.25) is 5.02 Å². The van der Waals surface area contributed by atoms with Crippen LogP contribution in [0.1, 0.15) is 25.3 Å². The van der Waals surface area contributed by atoms with E-state index < -0.39 is 0 Å². The minimum atomic E-state index is -0.299. The fourth-order valence-electron chi connectivity index (χ4n) is 2.94. The first-order valence-corrected chi connectivity index (χ1v) is 9.27. The molecule has 0 saturated carbocycles. The molecular weight excluding hydrogens is 378 g/mol. The second kappa shape index (κ2) is 8.71. The fourth-order valence-corrected chi connectivity index (χ4v) is 3.23. The van der Waals surface area contributed by atoms with E-state index in [2.05, 4.69) is 10.6 Å². The average Bonchev–Trinajstić information content (AvgIpc) is 3.06. The summed E-state index contributed by atoms with van der Waals surface area (Å²) in [5.41, 5.74) is 2.73. The van der Waals surface area contributed by atoms with Crippen LogP contribution in [-0.4, -0.2) is 24.3 Å². The largest absolute Gasteiger partial charge is 0.326 e. The molecule has 1 aliphatic heterocycles. The summed E-state index contributed by atoms with van der Waals surface area (Å²) in [5.74, 6) is -0.375. The van der Waals surface area contributed by atoms with E-state index in [0.29, 0.717) is 35.1 Å². The van der Waals surface area contributed by atoms with E-state index in [1.165, 1.54) is 13.0 Å². The lowest BCUT2D eigenvalue weighted by Gasteiger charge is -2.17. The van der Waals surface area contributed by atoms with E-state index >= 15 is 0 Å². The van der Waals surface area contributed by atoms with Crippen molar-refractivity contribution < 1.29 is 14.4 Å². The van der Waals surface area contributed by atoms with Crippen molar-refractivity contribution >= 4 is 52.5 Å². The van der Waals surface area contributed by atoms with Crippen molar-refractivity contribution in [3.8, 4) is 0 Å². The number of benzene rings is 2. The van der Waals surface area contributed by atoms with Gasteiger partial charge in [-0.3, -0.25) is 14.4 Å². The summed E-state index contributed by atoms with van der Waals surface area (Å²) in [5, 5.41) is 5.85. The van der Waals surface area contributed by atoms with Gasteiger partial charge in [0.1, 0.15) is 0 Å². The van der Waals surface area contributed by atoms with E-state index in [1.54, 1.807) is 53.4 Å². The van der Waals surface area contributed by atoms with Crippen LogP contribution < -0.4 is 15.5 Å². The lowest BCUT2D eigenvalue weighted by Crippen LogP contribution is -2.24. The van der Waals surface area contributed by atoms with Crippen LogP contribution in [0.4, 0.5) is 17.1 Å². The summed E-state index contributed by atoms with van der Waals surface area (Å²) < 4.78 is 0. The third-order valence-corrected chi connectivity index (χ3v) is 4.54. The summed E-state index contributed by atoms with van der Waals surface area (Å²) in [6.45, 7) is 2.10. The summed E-state index contributed by atoms with van der Waals surface area (Å²) in [6, 6.07) is 12.2. The fraction of sp³-hybridized carbons (Fsp3) is 0.190. The molecule has 0 bridgehead atoms. The minimum Gasteiger partial charge on any atom is -0.326 e. The van der Waals surface area contributed by atoms with Gasteiger partial charge in [-0.05, 0) is 48.4 Å². The first kappa shape index (κ1) is 19.6. The quantitative estimate of drug-likeness (QED) is 0.746. The molecule has 3 rings (SSSR count). The molecule has 0 spiro atoms. The van der Waals surface area contributed by atoms with Gasteiger partial charge in [0.05, 0.1) is 10.7 Å². The Balaban J connectivity index is 1.61. The van der Waals surface area contributed by atoms with E-state index in [-0.39, 0.29) is 17.7 Å².